The van der Waals surface area contributed by atoms with E-state index in [0.717, 1.165) is 18.5 Å². The molecule has 4 rings (SSSR count). The fourth-order valence-electron chi connectivity index (χ4n) is 4.38. The van der Waals surface area contributed by atoms with Crippen molar-refractivity contribution in [2.45, 2.75) is 63.9 Å². The van der Waals surface area contributed by atoms with Crippen LogP contribution in [0, 0.1) is 5.92 Å². The summed E-state index contributed by atoms with van der Waals surface area (Å²) in [5.74, 6) is 0.750. The van der Waals surface area contributed by atoms with E-state index < -0.39 is 15.9 Å². The van der Waals surface area contributed by atoms with Gasteiger partial charge in [0.15, 0.2) is 5.03 Å². The Bertz CT molecular complexity index is 1410. The lowest BCUT2D eigenvalue weighted by Gasteiger charge is -2.36. The minimum Gasteiger partial charge on any atom is -0.439 e. The number of amides is 1. The molecule has 1 unspecified atom stereocenters. The van der Waals surface area contributed by atoms with Crippen LogP contribution in [0.4, 0.5) is 5.82 Å². The first-order chi connectivity index (χ1) is 17.3. The first-order valence-electron chi connectivity index (χ1n) is 12.3. The number of anilines is 1. The fourth-order valence-corrected chi connectivity index (χ4v) is 5.30. The molecule has 1 fully saturated rings. The average molecular weight is 523 g/mol. The van der Waals surface area contributed by atoms with Crippen LogP contribution in [0.15, 0.2) is 65.8 Å². The number of benzene rings is 1. The Labute approximate surface area is 219 Å². The quantitative estimate of drug-likeness (QED) is 0.468. The third kappa shape index (κ3) is 5.61. The molecular weight excluding hydrogens is 488 g/mol. The molecule has 0 bridgehead atoms. The average Bonchev–Trinajstić information content (AvgIpc) is 3.10. The van der Waals surface area contributed by atoms with Gasteiger partial charge in [0.1, 0.15) is 11.6 Å². The number of nitrogens with zero attached hydrogens (tertiary/aromatic N) is 3. The topological polar surface area (TPSA) is 101 Å². The predicted molar refractivity (Wildman–Crippen MR) is 144 cm³/mol. The van der Waals surface area contributed by atoms with E-state index in [0.29, 0.717) is 17.5 Å². The van der Waals surface area contributed by atoms with Gasteiger partial charge in [0.25, 0.3) is 15.9 Å². The highest BCUT2D eigenvalue weighted by Gasteiger charge is 2.40. The van der Waals surface area contributed by atoms with Crippen LogP contribution in [-0.2, 0) is 15.4 Å². The van der Waals surface area contributed by atoms with Crippen molar-refractivity contribution >= 4 is 21.7 Å². The molecule has 1 aliphatic heterocycles. The second-order valence-electron chi connectivity index (χ2n) is 11.0. The van der Waals surface area contributed by atoms with E-state index in [1.54, 1.807) is 30.5 Å². The third-order valence-corrected chi connectivity index (χ3v) is 8.33. The molecular formula is C28H34N4O4S. The molecule has 0 aliphatic carbocycles. The maximum absolute atomic E-state index is 13.2. The van der Waals surface area contributed by atoms with Crippen molar-refractivity contribution in [1.29, 1.82) is 0 Å². The molecule has 3 aromatic rings. The zero-order valence-corrected chi connectivity index (χ0v) is 23.0. The number of sulfonamides is 1. The van der Waals surface area contributed by atoms with Gasteiger partial charge in [-0.05, 0) is 67.5 Å². The number of carbonyl (C=O) groups excluding carboxylic acids is 1. The zero-order valence-electron chi connectivity index (χ0n) is 22.1. The van der Waals surface area contributed by atoms with Gasteiger partial charge in [-0.1, -0.05) is 45.9 Å². The number of nitrogens with one attached hydrogen (secondary N) is 1. The molecule has 196 valence electrons. The van der Waals surface area contributed by atoms with Gasteiger partial charge in [0.2, 0.25) is 5.88 Å². The van der Waals surface area contributed by atoms with E-state index in [2.05, 4.69) is 61.1 Å². The van der Waals surface area contributed by atoms with Crippen LogP contribution in [0.3, 0.4) is 0 Å². The molecule has 0 radical (unpaired) electrons. The second kappa shape index (κ2) is 9.78. The van der Waals surface area contributed by atoms with Crippen LogP contribution in [0.25, 0.3) is 0 Å². The smallest absolute Gasteiger partial charge is 0.281 e. The Hall–Kier alpha value is -3.46. The van der Waals surface area contributed by atoms with Gasteiger partial charge in [-0.3, -0.25) is 4.79 Å². The van der Waals surface area contributed by atoms with Crippen LogP contribution in [0.2, 0.25) is 0 Å². The van der Waals surface area contributed by atoms with E-state index in [1.807, 2.05) is 18.2 Å². The minimum atomic E-state index is -4.27. The summed E-state index contributed by atoms with van der Waals surface area (Å²) in [5, 5.41) is -0.314. The largest absolute Gasteiger partial charge is 0.439 e. The maximum Gasteiger partial charge on any atom is 0.281 e. The molecule has 1 amide bonds. The number of hydrogen-bond acceptors (Lipinski definition) is 7. The maximum atomic E-state index is 13.2. The number of ether oxygens (including phenoxy) is 1. The lowest BCUT2D eigenvalue weighted by molar-refractivity contribution is 0.0981. The van der Waals surface area contributed by atoms with Gasteiger partial charge in [-0.15, -0.1) is 0 Å². The molecule has 0 spiro atoms. The molecule has 1 saturated heterocycles. The van der Waals surface area contributed by atoms with Crippen LogP contribution >= 0.6 is 0 Å². The molecule has 9 heteroatoms. The lowest BCUT2D eigenvalue weighted by atomic mass is 9.87. The monoisotopic (exact) mass is 522 g/mol. The molecule has 1 N–H and O–H groups in total. The molecule has 8 nitrogen and oxygen atoms in total. The second-order valence-corrected chi connectivity index (χ2v) is 12.6. The van der Waals surface area contributed by atoms with Gasteiger partial charge < -0.3 is 9.64 Å². The van der Waals surface area contributed by atoms with E-state index >= 15 is 0 Å². The Balaban J connectivity index is 1.56. The summed E-state index contributed by atoms with van der Waals surface area (Å²) in [6.07, 6.45) is 2.56. The molecule has 37 heavy (non-hydrogen) atoms. The highest BCUT2D eigenvalue weighted by molar-refractivity contribution is 7.90. The number of pyridine rings is 2. The molecule has 3 heterocycles. The first-order valence-corrected chi connectivity index (χ1v) is 13.8. The zero-order chi connectivity index (χ0) is 27.0. The first kappa shape index (κ1) is 26.6. The fraction of sp³-hybridized carbons (Fsp3) is 0.393. The number of carbonyl (C=O) groups is 1. The summed E-state index contributed by atoms with van der Waals surface area (Å²) < 4.78 is 34.3. The van der Waals surface area contributed by atoms with Crippen molar-refractivity contribution in [3.8, 4) is 11.6 Å². The van der Waals surface area contributed by atoms with Gasteiger partial charge in [0.05, 0.1) is 5.56 Å². The van der Waals surface area contributed by atoms with Crippen LogP contribution < -0.4 is 14.4 Å². The summed E-state index contributed by atoms with van der Waals surface area (Å²) in [6, 6.07) is 15.2. The van der Waals surface area contributed by atoms with Gasteiger partial charge in [0, 0.05) is 24.3 Å². The van der Waals surface area contributed by atoms with Gasteiger partial charge in [-0.2, -0.15) is 13.4 Å². The van der Waals surface area contributed by atoms with Gasteiger partial charge >= 0.3 is 0 Å². The SMILES string of the molecule is CC1CCN(c2ncccc2C(=O)NS(=O)(=O)c2cccc(Oc3cccc(C(C)(C)C)c3)n2)C1(C)C. The molecule has 1 atom stereocenters. The minimum absolute atomic E-state index is 0.0737. The highest BCUT2D eigenvalue weighted by atomic mass is 32.2. The summed E-state index contributed by atoms with van der Waals surface area (Å²) in [7, 11) is -4.27. The van der Waals surface area contributed by atoms with Crippen molar-refractivity contribution in [3.63, 3.8) is 0 Å². The van der Waals surface area contributed by atoms with E-state index in [9.17, 15) is 13.2 Å². The Kier molecular flexibility index (Phi) is 7.03. The lowest BCUT2D eigenvalue weighted by Crippen LogP contribution is -2.43. The van der Waals surface area contributed by atoms with E-state index in [-0.39, 0.29) is 27.4 Å². The summed E-state index contributed by atoms with van der Waals surface area (Å²) >= 11 is 0. The Morgan fingerprint density at radius 2 is 1.84 bits per heavy atom. The number of aromatic nitrogens is 2. The Morgan fingerprint density at radius 3 is 2.51 bits per heavy atom. The summed E-state index contributed by atoms with van der Waals surface area (Å²) in [4.78, 5) is 23.9. The van der Waals surface area contributed by atoms with Crippen molar-refractivity contribution in [2.24, 2.45) is 5.92 Å². The van der Waals surface area contributed by atoms with Crippen molar-refractivity contribution in [1.82, 2.24) is 14.7 Å². The number of hydrogen-bond donors (Lipinski definition) is 1. The summed E-state index contributed by atoms with van der Waals surface area (Å²) in [5.41, 5.74) is 0.971. The normalized spacial score (nSPS) is 17.5. The van der Waals surface area contributed by atoms with Crippen molar-refractivity contribution in [3.05, 3.63) is 71.9 Å². The highest BCUT2D eigenvalue weighted by Crippen LogP contribution is 2.38. The Morgan fingerprint density at radius 1 is 1.11 bits per heavy atom. The molecule has 1 aliphatic rings. The van der Waals surface area contributed by atoms with Crippen molar-refractivity contribution in [2.75, 3.05) is 11.4 Å². The predicted octanol–water partition coefficient (Wildman–Crippen LogP) is 5.31. The van der Waals surface area contributed by atoms with E-state index in [1.165, 1.54) is 12.1 Å². The van der Waals surface area contributed by atoms with Crippen LogP contribution in [0.1, 0.15) is 63.9 Å². The van der Waals surface area contributed by atoms with Crippen LogP contribution in [-0.4, -0.2) is 36.4 Å². The number of rotatable bonds is 6. The standard InChI is InChI=1S/C28H34N4O4S/c1-19-15-17-32(28(19,5)6)25-22(12-9-16-29-25)26(33)31-37(34,35)24-14-8-13-23(30-24)36-21-11-7-10-20(18-21)27(2,3)4/h7-14,16,18-19H,15,17H2,1-6H3,(H,31,33). The third-order valence-electron chi connectivity index (χ3n) is 7.10. The summed E-state index contributed by atoms with van der Waals surface area (Å²) in [6.45, 7) is 13.4. The molecule has 2 aromatic heterocycles. The van der Waals surface area contributed by atoms with Crippen molar-refractivity contribution < 1.29 is 17.9 Å². The van der Waals surface area contributed by atoms with E-state index in [4.69, 9.17) is 4.74 Å². The molecule has 0 saturated carbocycles. The molecule has 1 aromatic carbocycles. The van der Waals surface area contributed by atoms with Gasteiger partial charge in [-0.25, -0.2) is 9.71 Å². The van der Waals surface area contributed by atoms with Crippen LogP contribution in [0.5, 0.6) is 11.6 Å².